The lowest BCUT2D eigenvalue weighted by Gasteiger charge is -2.05. The van der Waals surface area contributed by atoms with E-state index in [2.05, 4.69) is 10.3 Å². The SMILES string of the molecule is O=[N+]([O-])c1ccc(NCCCOCCO)nc1. The first-order chi connectivity index (χ1) is 8.24. The maximum absolute atomic E-state index is 10.4. The van der Waals surface area contributed by atoms with Crippen LogP contribution in [0, 0.1) is 10.1 Å². The van der Waals surface area contributed by atoms with Gasteiger partial charge < -0.3 is 15.2 Å². The van der Waals surface area contributed by atoms with E-state index in [0.29, 0.717) is 25.6 Å². The molecule has 0 radical (unpaired) electrons. The molecule has 7 nitrogen and oxygen atoms in total. The van der Waals surface area contributed by atoms with E-state index in [9.17, 15) is 10.1 Å². The van der Waals surface area contributed by atoms with Crippen molar-refractivity contribution in [3.05, 3.63) is 28.4 Å². The summed E-state index contributed by atoms with van der Waals surface area (Å²) in [5.74, 6) is 0.595. The first-order valence-electron chi connectivity index (χ1n) is 5.27. The maximum atomic E-state index is 10.4. The van der Waals surface area contributed by atoms with Gasteiger partial charge in [0.1, 0.15) is 12.0 Å². The molecule has 1 aromatic rings. The molecule has 0 aliphatic rings. The summed E-state index contributed by atoms with van der Waals surface area (Å²) in [4.78, 5) is 13.8. The smallest absolute Gasteiger partial charge is 0.287 e. The quantitative estimate of drug-likeness (QED) is 0.397. The lowest BCUT2D eigenvalue weighted by atomic mass is 10.4. The molecule has 0 aliphatic carbocycles. The fraction of sp³-hybridized carbons (Fsp3) is 0.500. The summed E-state index contributed by atoms with van der Waals surface area (Å²) < 4.78 is 5.07. The fourth-order valence-electron chi connectivity index (χ4n) is 1.16. The number of ether oxygens (including phenoxy) is 1. The first kappa shape index (κ1) is 13.3. The van der Waals surface area contributed by atoms with Crippen molar-refractivity contribution in [2.24, 2.45) is 0 Å². The Balaban J connectivity index is 2.21. The van der Waals surface area contributed by atoms with Crippen LogP contribution in [-0.2, 0) is 4.74 Å². The second-order valence-electron chi connectivity index (χ2n) is 3.28. The molecule has 17 heavy (non-hydrogen) atoms. The predicted octanol–water partition coefficient (Wildman–Crippen LogP) is 0.801. The minimum Gasteiger partial charge on any atom is -0.394 e. The van der Waals surface area contributed by atoms with Crippen LogP contribution in [-0.4, -0.2) is 41.4 Å². The van der Waals surface area contributed by atoms with Crippen molar-refractivity contribution < 1.29 is 14.8 Å². The van der Waals surface area contributed by atoms with E-state index >= 15 is 0 Å². The molecule has 1 aromatic heterocycles. The third-order valence-electron chi connectivity index (χ3n) is 1.97. The van der Waals surface area contributed by atoms with E-state index in [1.807, 2.05) is 0 Å². The molecule has 94 valence electrons. The van der Waals surface area contributed by atoms with Gasteiger partial charge in [-0.05, 0) is 12.5 Å². The average Bonchev–Trinajstić information content (AvgIpc) is 2.34. The van der Waals surface area contributed by atoms with Gasteiger partial charge in [-0.25, -0.2) is 4.98 Å². The van der Waals surface area contributed by atoms with Crippen LogP contribution in [0.3, 0.4) is 0 Å². The molecule has 0 spiro atoms. The number of aliphatic hydroxyl groups is 1. The molecule has 0 fully saturated rings. The molecule has 2 N–H and O–H groups in total. The van der Waals surface area contributed by atoms with Crippen LogP contribution >= 0.6 is 0 Å². The highest BCUT2D eigenvalue weighted by atomic mass is 16.6. The maximum Gasteiger partial charge on any atom is 0.287 e. The molecule has 0 unspecified atom stereocenters. The number of aromatic nitrogens is 1. The van der Waals surface area contributed by atoms with E-state index < -0.39 is 4.92 Å². The summed E-state index contributed by atoms with van der Waals surface area (Å²) in [5.41, 5.74) is -0.0261. The standard InChI is InChI=1S/C10H15N3O4/c14-5-7-17-6-1-4-11-10-3-2-9(8-12-10)13(15)16/h2-3,8,14H,1,4-7H2,(H,11,12). The highest BCUT2D eigenvalue weighted by molar-refractivity contribution is 5.39. The highest BCUT2D eigenvalue weighted by Gasteiger charge is 2.04. The molecule has 1 heterocycles. The second kappa shape index (κ2) is 7.53. The van der Waals surface area contributed by atoms with Crippen LogP contribution in [0.4, 0.5) is 11.5 Å². The van der Waals surface area contributed by atoms with Crippen LogP contribution < -0.4 is 5.32 Å². The normalized spacial score (nSPS) is 10.2. The summed E-state index contributed by atoms with van der Waals surface area (Å²) in [6, 6.07) is 2.96. The van der Waals surface area contributed by atoms with Gasteiger partial charge in [0.05, 0.1) is 18.1 Å². The summed E-state index contributed by atoms with van der Waals surface area (Å²) in [5, 5.41) is 21.9. The number of hydrogen-bond donors (Lipinski definition) is 2. The lowest BCUT2D eigenvalue weighted by molar-refractivity contribution is -0.385. The molecule has 0 aliphatic heterocycles. The number of aliphatic hydroxyl groups excluding tert-OH is 1. The zero-order valence-electron chi connectivity index (χ0n) is 9.33. The number of rotatable bonds is 8. The fourth-order valence-corrected chi connectivity index (χ4v) is 1.16. The minimum absolute atomic E-state index is 0.0251. The van der Waals surface area contributed by atoms with Gasteiger partial charge in [-0.2, -0.15) is 0 Å². The van der Waals surface area contributed by atoms with Gasteiger partial charge in [0.25, 0.3) is 5.69 Å². The summed E-state index contributed by atoms with van der Waals surface area (Å²) in [7, 11) is 0. The van der Waals surface area contributed by atoms with E-state index in [-0.39, 0.29) is 12.3 Å². The van der Waals surface area contributed by atoms with Crippen molar-refractivity contribution in [3.63, 3.8) is 0 Å². The Bertz CT molecular complexity index is 342. The third kappa shape index (κ3) is 5.23. The van der Waals surface area contributed by atoms with Crippen LogP contribution in [0.5, 0.6) is 0 Å². The van der Waals surface area contributed by atoms with Gasteiger partial charge in [-0.1, -0.05) is 0 Å². The van der Waals surface area contributed by atoms with Crippen LogP contribution in [0.15, 0.2) is 18.3 Å². The van der Waals surface area contributed by atoms with Gasteiger partial charge in [-0.15, -0.1) is 0 Å². The van der Waals surface area contributed by atoms with E-state index in [1.165, 1.54) is 12.3 Å². The van der Waals surface area contributed by atoms with E-state index in [0.717, 1.165) is 6.42 Å². The Morgan fingerprint density at radius 3 is 2.88 bits per heavy atom. The predicted molar refractivity (Wildman–Crippen MR) is 61.9 cm³/mol. The summed E-state index contributed by atoms with van der Waals surface area (Å²) >= 11 is 0. The molecule has 0 saturated heterocycles. The second-order valence-corrected chi connectivity index (χ2v) is 3.28. The molecular weight excluding hydrogens is 226 g/mol. The minimum atomic E-state index is -0.487. The summed E-state index contributed by atoms with van der Waals surface area (Å²) in [6.45, 7) is 1.59. The molecule has 7 heteroatoms. The van der Waals surface area contributed by atoms with E-state index in [4.69, 9.17) is 9.84 Å². The highest BCUT2D eigenvalue weighted by Crippen LogP contribution is 2.11. The largest absolute Gasteiger partial charge is 0.394 e. The molecule has 0 aromatic carbocycles. The molecular formula is C10H15N3O4. The van der Waals surface area contributed by atoms with Crippen molar-refractivity contribution >= 4 is 11.5 Å². The molecule has 0 bridgehead atoms. The van der Waals surface area contributed by atoms with Crippen molar-refractivity contribution in [3.8, 4) is 0 Å². The average molecular weight is 241 g/mol. The number of hydrogen-bond acceptors (Lipinski definition) is 6. The Hall–Kier alpha value is -1.73. The first-order valence-corrected chi connectivity index (χ1v) is 5.27. The van der Waals surface area contributed by atoms with E-state index in [1.54, 1.807) is 6.07 Å². The van der Waals surface area contributed by atoms with Gasteiger partial charge >= 0.3 is 0 Å². The van der Waals surface area contributed by atoms with Gasteiger partial charge in [0, 0.05) is 19.2 Å². The zero-order chi connectivity index (χ0) is 12.5. The number of nitrogens with zero attached hydrogens (tertiary/aromatic N) is 2. The van der Waals surface area contributed by atoms with Gasteiger partial charge in [0.2, 0.25) is 0 Å². The zero-order valence-corrected chi connectivity index (χ0v) is 9.33. The van der Waals surface area contributed by atoms with Crippen LogP contribution in [0.25, 0.3) is 0 Å². The molecule has 1 rings (SSSR count). The van der Waals surface area contributed by atoms with Crippen molar-refractivity contribution in [1.29, 1.82) is 0 Å². The Morgan fingerprint density at radius 1 is 1.47 bits per heavy atom. The van der Waals surface area contributed by atoms with Crippen LogP contribution in [0.2, 0.25) is 0 Å². The van der Waals surface area contributed by atoms with Crippen molar-refractivity contribution in [1.82, 2.24) is 4.98 Å². The molecule has 0 atom stereocenters. The van der Waals surface area contributed by atoms with Crippen LogP contribution in [0.1, 0.15) is 6.42 Å². The Morgan fingerprint density at radius 2 is 2.29 bits per heavy atom. The lowest BCUT2D eigenvalue weighted by Crippen LogP contribution is -2.08. The summed E-state index contributed by atoms with van der Waals surface area (Å²) in [6.07, 6.45) is 1.99. The third-order valence-corrected chi connectivity index (χ3v) is 1.97. The Kier molecular flexibility index (Phi) is 5.91. The van der Waals surface area contributed by atoms with Gasteiger partial charge in [-0.3, -0.25) is 10.1 Å². The Labute approximate surface area is 98.6 Å². The number of pyridine rings is 1. The van der Waals surface area contributed by atoms with Crippen molar-refractivity contribution in [2.75, 3.05) is 31.7 Å². The van der Waals surface area contributed by atoms with Gasteiger partial charge in [0.15, 0.2) is 0 Å². The number of anilines is 1. The monoisotopic (exact) mass is 241 g/mol. The number of nitrogens with one attached hydrogen (secondary N) is 1. The van der Waals surface area contributed by atoms with Crippen molar-refractivity contribution in [2.45, 2.75) is 6.42 Å². The molecule has 0 saturated carbocycles. The topological polar surface area (TPSA) is 97.5 Å². The molecule has 0 amide bonds. The number of nitro groups is 1.